The molecule has 0 radical (unpaired) electrons. The summed E-state index contributed by atoms with van der Waals surface area (Å²) in [6.45, 7) is 2.68. The van der Waals surface area contributed by atoms with Crippen LogP contribution >= 0.6 is 0 Å². The molecule has 0 fully saturated rings. The molecule has 5 rings (SSSR count). The number of H-pyrrole nitrogens is 1. The number of aromatic amines is 1. The number of rotatable bonds is 4. The molecule has 1 aliphatic rings. The van der Waals surface area contributed by atoms with Crippen LogP contribution in [0.2, 0.25) is 0 Å². The molecule has 1 aliphatic heterocycles. The maximum Gasteiger partial charge on any atom is 0.227 e. The number of phenols is 1. The second kappa shape index (κ2) is 8.16. The van der Waals surface area contributed by atoms with Crippen molar-refractivity contribution < 1.29 is 19.4 Å². The van der Waals surface area contributed by atoms with Crippen molar-refractivity contribution in [3.05, 3.63) is 93.2 Å². The van der Waals surface area contributed by atoms with Crippen LogP contribution in [0.15, 0.2) is 63.8 Å². The summed E-state index contributed by atoms with van der Waals surface area (Å²) < 4.78 is 5.73. The minimum atomic E-state index is -0.671. The summed E-state index contributed by atoms with van der Waals surface area (Å²) in [6, 6.07) is 15.7. The Morgan fingerprint density at radius 2 is 1.91 bits per heavy atom. The Balaban J connectivity index is 1.46. The molecule has 0 spiro atoms. The number of hydrogen-bond acceptors (Lipinski definition) is 5. The highest BCUT2D eigenvalue weighted by molar-refractivity contribution is 5.86. The third-order valence-electron chi connectivity index (χ3n) is 6.30. The van der Waals surface area contributed by atoms with Crippen LogP contribution in [0.1, 0.15) is 40.7 Å². The van der Waals surface area contributed by atoms with Gasteiger partial charge >= 0.3 is 0 Å². The van der Waals surface area contributed by atoms with Crippen molar-refractivity contribution in [3.8, 4) is 11.5 Å². The molecule has 4 aromatic rings. The molecule has 1 amide bonds. The molecule has 0 saturated heterocycles. The summed E-state index contributed by atoms with van der Waals surface area (Å²) in [5, 5.41) is 21.3. The van der Waals surface area contributed by atoms with E-state index in [1.54, 1.807) is 24.0 Å². The first-order chi connectivity index (χ1) is 15.9. The van der Waals surface area contributed by atoms with E-state index in [-0.39, 0.29) is 23.8 Å². The number of hydrogen-bond donors (Lipinski definition) is 3. The number of nitrogens with zero attached hydrogens (tertiary/aromatic N) is 1. The Morgan fingerprint density at radius 1 is 1.15 bits per heavy atom. The molecule has 1 atom stereocenters. The number of para-hydroxylation sites is 1. The standard InChI is InChI=1S/C26H24N2O5/c1-15-12-23(30)25(32)26(33-15)20(16-6-8-17(29)9-7-16)13-24(31)28-11-10-19-18-4-2-3-5-21(18)27-22(19)14-28/h2-9,12,20,27,29,32H,10-11,13-14H2,1H3. The molecule has 7 nitrogen and oxygen atoms in total. The van der Waals surface area contributed by atoms with Gasteiger partial charge in [0.15, 0.2) is 5.76 Å². The predicted molar refractivity (Wildman–Crippen MR) is 123 cm³/mol. The molecule has 7 heteroatoms. The van der Waals surface area contributed by atoms with Gasteiger partial charge in [0.05, 0.1) is 12.5 Å². The molecule has 2 aromatic carbocycles. The smallest absolute Gasteiger partial charge is 0.227 e. The van der Waals surface area contributed by atoms with Crippen molar-refractivity contribution in [1.82, 2.24) is 9.88 Å². The van der Waals surface area contributed by atoms with Gasteiger partial charge in [0.2, 0.25) is 17.1 Å². The molecule has 3 N–H and O–H groups in total. The van der Waals surface area contributed by atoms with Crippen molar-refractivity contribution in [3.63, 3.8) is 0 Å². The minimum absolute atomic E-state index is 0.0142. The SMILES string of the molecule is Cc1cc(=O)c(O)c(C(CC(=O)N2CCc3c([nH]c4ccccc34)C2)c2ccc(O)cc2)o1. The Bertz CT molecular complexity index is 1400. The van der Waals surface area contributed by atoms with Crippen LogP contribution in [0.4, 0.5) is 0 Å². The number of phenolic OH excluding ortho intramolecular Hbond substituents is 1. The number of aryl methyl sites for hydroxylation is 1. The van der Waals surface area contributed by atoms with Gasteiger partial charge in [0, 0.05) is 35.6 Å². The van der Waals surface area contributed by atoms with Crippen molar-refractivity contribution in [2.75, 3.05) is 6.54 Å². The largest absolute Gasteiger partial charge is 0.508 e. The number of amides is 1. The third-order valence-corrected chi connectivity index (χ3v) is 6.30. The monoisotopic (exact) mass is 444 g/mol. The van der Waals surface area contributed by atoms with E-state index in [4.69, 9.17) is 4.42 Å². The summed E-state index contributed by atoms with van der Waals surface area (Å²) >= 11 is 0. The summed E-state index contributed by atoms with van der Waals surface area (Å²) in [5.41, 5.74) is 3.44. The number of benzene rings is 2. The van der Waals surface area contributed by atoms with E-state index in [0.717, 1.165) is 17.6 Å². The van der Waals surface area contributed by atoms with Crippen molar-refractivity contribution >= 4 is 16.8 Å². The number of aromatic nitrogens is 1. The van der Waals surface area contributed by atoms with Gasteiger partial charge in [-0.3, -0.25) is 9.59 Å². The fourth-order valence-corrected chi connectivity index (χ4v) is 4.64. The van der Waals surface area contributed by atoms with E-state index >= 15 is 0 Å². The number of carbonyl (C=O) groups is 1. The zero-order chi connectivity index (χ0) is 23.1. The number of carbonyl (C=O) groups excluding carboxylic acids is 1. The minimum Gasteiger partial charge on any atom is -0.508 e. The molecule has 3 heterocycles. The molecule has 0 saturated carbocycles. The van der Waals surface area contributed by atoms with Crippen molar-refractivity contribution in [2.45, 2.75) is 32.2 Å². The van der Waals surface area contributed by atoms with E-state index in [9.17, 15) is 19.8 Å². The number of fused-ring (bicyclic) bond motifs is 3. The highest BCUT2D eigenvalue weighted by Gasteiger charge is 2.30. The average Bonchev–Trinajstić information content (AvgIpc) is 3.18. The molecule has 0 aliphatic carbocycles. The van der Waals surface area contributed by atoms with Crippen LogP contribution in [0.3, 0.4) is 0 Å². The van der Waals surface area contributed by atoms with Gasteiger partial charge in [-0.1, -0.05) is 30.3 Å². The van der Waals surface area contributed by atoms with Crippen LogP contribution < -0.4 is 5.43 Å². The maximum atomic E-state index is 13.4. The molecule has 168 valence electrons. The maximum absolute atomic E-state index is 13.4. The number of nitrogens with one attached hydrogen (secondary N) is 1. The highest BCUT2D eigenvalue weighted by atomic mass is 16.4. The summed E-state index contributed by atoms with van der Waals surface area (Å²) in [6.07, 6.45) is 0.764. The first-order valence-corrected chi connectivity index (χ1v) is 10.9. The summed E-state index contributed by atoms with van der Waals surface area (Å²) in [7, 11) is 0. The van der Waals surface area contributed by atoms with E-state index in [1.165, 1.54) is 29.1 Å². The Morgan fingerprint density at radius 3 is 2.70 bits per heavy atom. The zero-order valence-corrected chi connectivity index (χ0v) is 18.2. The molecule has 2 aromatic heterocycles. The normalized spacial score (nSPS) is 14.3. The third kappa shape index (κ3) is 3.86. The van der Waals surface area contributed by atoms with E-state index < -0.39 is 17.1 Å². The summed E-state index contributed by atoms with van der Waals surface area (Å²) in [5.74, 6) is -0.785. The van der Waals surface area contributed by atoms with Crippen LogP contribution in [-0.2, 0) is 17.8 Å². The van der Waals surface area contributed by atoms with Crippen molar-refractivity contribution in [1.29, 1.82) is 0 Å². The second-order valence-corrected chi connectivity index (χ2v) is 8.48. The lowest BCUT2D eigenvalue weighted by atomic mass is 9.91. The second-order valence-electron chi connectivity index (χ2n) is 8.48. The molecule has 0 bridgehead atoms. The van der Waals surface area contributed by atoms with E-state index in [0.29, 0.717) is 24.4 Å². The molecular weight excluding hydrogens is 420 g/mol. The first kappa shape index (κ1) is 20.9. The molecular formula is C26H24N2O5. The van der Waals surface area contributed by atoms with E-state index in [1.807, 2.05) is 18.2 Å². The number of aromatic hydroxyl groups is 2. The highest BCUT2D eigenvalue weighted by Crippen LogP contribution is 2.35. The lowest BCUT2D eigenvalue weighted by Crippen LogP contribution is -2.36. The van der Waals surface area contributed by atoms with Gasteiger partial charge in [-0.15, -0.1) is 0 Å². The van der Waals surface area contributed by atoms with Gasteiger partial charge in [0.25, 0.3) is 0 Å². The van der Waals surface area contributed by atoms with Crippen LogP contribution in [0.5, 0.6) is 11.5 Å². The molecule has 33 heavy (non-hydrogen) atoms. The van der Waals surface area contributed by atoms with Gasteiger partial charge in [-0.05, 0) is 42.7 Å². The van der Waals surface area contributed by atoms with Crippen LogP contribution in [-0.4, -0.2) is 32.5 Å². The van der Waals surface area contributed by atoms with Gasteiger partial charge in [-0.25, -0.2) is 0 Å². The quantitative estimate of drug-likeness (QED) is 0.442. The Kier molecular flexibility index (Phi) is 5.17. The van der Waals surface area contributed by atoms with Crippen molar-refractivity contribution in [2.24, 2.45) is 0 Å². The lowest BCUT2D eigenvalue weighted by molar-refractivity contribution is -0.132. The first-order valence-electron chi connectivity index (χ1n) is 10.9. The predicted octanol–water partition coefficient (Wildman–Crippen LogP) is 3.95. The van der Waals surface area contributed by atoms with Gasteiger partial charge < -0.3 is 24.5 Å². The van der Waals surface area contributed by atoms with Gasteiger partial charge in [-0.2, -0.15) is 0 Å². The zero-order valence-electron chi connectivity index (χ0n) is 18.2. The summed E-state index contributed by atoms with van der Waals surface area (Å²) in [4.78, 5) is 30.8. The van der Waals surface area contributed by atoms with Gasteiger partial charge in [0.1, 0.15) is 11.5 Å². The Hall–Kier alpha value is -4.00. The fraction of sp³-hybridized carbons (Fsp3) is 0.231. The van der Waals surface area contributed by atoms with Crippen LogP contribution in [0, 0.1) is 6.92 Å². The average molecular weight is 444 g/mol. The van der Waals surface area contributed by atoms with Crippen LogP contribution in [0.25, 0.3) is 10.9 Å². The Labute approximate surface area is 189 Å². The fourth-order valence-electron chi connectivity index (χ4n) is 4.64. The topological polar surface area (TPSA) is 107 Å². The lowest BCUT2D eigenvalue weighted by Gasteiger charge is -2.29. The van der Waals surface area contributed by atoms with E-state index in [2.05, 4.69) is 11.1 Å². The molecule has 1 unspecified atom stereocenters.